The van der Waals surface area contributed by atoms with Gasteiger partial charge in [-0.1, -0.05) is 12.1 Å². The van der Waals surface area contributed by atoms with Crippen molar-refractivity contribution in [2.75, 3.05) is 39.3 Å². The van der Waals surface area contributed by atoms with Crippen LogP contribution in [0.3, 0.4) is 0 Å². The van der Waals surface area contributed by atoms with Crippen molar-refractivity contribution >= 4 is 51.3 Å². The van der Waals surface area contributed by atoms with Crippen LogP contribution in [-0.4, -0.2) is 110 Å². The van der Waals surface area contributed by atoms with Crippen molar-refractivity contribution in [3.63, 3.8) is 0 Å². The number of carbonyl (C=O) groups is 5. The Morgan fingerprint density at radius 1 is 0.875 bits per heavy atom. The summed E-state index contributed by atoms with van der Waals surface area (Å²) in [7, 11) is 2.07. The van der Waals surface area contributed by atoms with E-state index in [1.54, 1.807) is 18.2 Å². The second-order valence-electron chi connectivity index (χ2n) is 15.9. The van der Waals surface area contributed by atoms with E-state index in [2.05, 4.69) is 50.0 Å². The quantitative estimate of drug-likeness (QED) is 0.221. The molecule has 1 saturated carbocycles. The van der Waals surface area contributed by atoms with Crippen molar-refractivity contribution in [1.82, 2.24) is 34.6 Å². The van der Waals surface area contributed by atoms with Gasteiger partial charge in [0.1, 0.15) is 24.5 Å². The van der Waals surface area contributed by atoms with Crippen molar-refractivity contribution in [3.05, 3.63) is 84.3 Å². The van der Waals surface area contributed by atoms with Gasteiger partial charge < -0.3 is 18.9 Å². The van der Waals surface area contributed by atoms with Crippen LogP contribution in [0.25, 0.3) is 32.9 Å². The van der Waals surface area contributed by atoms with E-state index in [9.17, 15) is 24.0 Å². The Kier molecular flexibility index (Phi) is 7.96. The normalized spacial score (nSPS) is 22.8. The molecule has 7 heterocycles. The molecule has 3 aromatic heterocycles. The van der Waals surface area contributed by atoms with Gasteiger partial charge in [-0.05, 0) is 61.2 Å². The highest BCUT2D eigenvalue weighted by atomic mass is 16.5. The van der Waals surface area contributed by atoms with Crippen LogP contribution in [-0.2, 0) is 21.4 Å². The number of hydrogen-bond acceptors (Lipinski definition) is 10. The Labute approximate surface area is 321 Å². The predicted molar refractivity (Wildman–Crippen MR) is 203 cm³/mol. The molecule has 10 rings (SSSR count). The van der Waals surface area contributed by atoms with Crippen molar-refractivity contribution in [2.24, 2.45) is 18.4 Å². The second-order valence-corrected chi connectivity index (χ2v) is 15.9. The summed E-state index contributed by atoms with van der Waals surface area (Å²) in [5, 5.41) is 4.52. The fourth-order valence-corrected chi connectivity index (χ4v) is 9.16. The Morgan fingerprint density at radius 3 is 2.46 bits per heavy atom. The number of aryl methyl sites for hydroxylation is 1. The predicted octanol–water partition coefficient (Wildman–Crippen LogP) is 3.57. The first-order valence-electron chi connectivity index (χ1n) is 19.1. The molecule has 5 aromatic rings. The second kappa shape index (κ2) is 13.0. The van der Waals surface area contributed by atoms with Crippen LogP contribution >= 0.6 is 0 Å². The maximum absolute atomic E-state index is 13.2. The van der Waals surface area contributed by atoms with Gasteiger partial charge in [0.05, 0.1) is 16.6 Å². The van der Waals surface area contributed by atoms with Gasteiger partial charge in [0.2, 0.25) is 23.6 Å². The van der Waals surface area contributed by atoms with Crippen LogP contribution in [0, 0.1) is 11.3 Å². The molecule has 5 amide bonds. The molecule has 56 heavy (non-hydrogen) atoms. The minimum atomic E-state index is -1.00. The van der Waals surface area contributed by atoms with Crippen molar-refractivity contribution in [3.8, 4) is 22.8 Å². The summed E-state index contributed by atoms with van der Waals surface area (Å²) in [6.45, 7) is 4.40. The van der Waals surface area contributed by atoms with Gasteiger partial charge in [0, 0.05) is 104 Å². The van der Waals surface area contributed by atoms with Gasteiger partial charge in [-0.15, -0.1) is 0 Å². The number of carbonyl (C=O) groups excluding carboxylic acids is 5. The number of amides is 5. The van der Waals surface area contributed by atoms with E-state index in [-0.39, 0.29) is 47.3 Å². The fraction of sp³-hybridized carbons (Fsp3) is 0.357. The molecular weight excluding hydrogens is 715 g/mol. The summed E-state index contributed by atoms with van der Waals surface area (Å²) in [5.74, 6) is -0.923. The standard InChI is InChI=1S/C42H39N7O7/c1-46-33-10-11-43-19-32(33)29-5-2-24(16-35(29)46)25-3-9-37(44-18-25)56-28-14-26(15-28)39(52)48-22-42(23-48)20-47(21-42)12-13-55-27-4-6-30-31(17-27)41(54)49(40(30)53)34-7-8-36(50)45-38(34)51/h2-6,9-11,16-19,26,28,34H,7-8,12-15,20-23H2,1H3,(H,45,50,51). The molecule has 1 spiro atoms. The van der Waals surface area contributed by atoms with E-state index >= 15 is 0 Å². The minimum Gasteiger partial charge on any atom is -0.492 e. The zero-order valence-electron chi connectivity index (χ0n) is 30.8. The molecule has 4 fully saturated rings. The molecule has 14 nitrogen and oxygen atoms in total. The van der Waals surface area contributed by atoms with Crippen LogP contribution < -0.4 is 14.8 Å². The molecule has 1 unspecified atom stereocenters. The third kappa shape index (κ3) is 5.69. The number of piperidine rings is 1. The van der Waals surface area contributed by atoms with Crippen molar-refractivity contribution < 1.29 is 33.4 Å². The first-order chi connectivity index (χ1) is 27.1. The number of aromatic nitrogens is 3. The smallest absolute Gasteiger partial charge is 0.262 e. The summed E-state index contributed by atoms with van der Waals surface area (Å²) >= 11 is 0. The Morgan fingerprint density at radius 2 is 1.68 bits per heavy atom. The largest absolute Gasteiger partial charge is 0.492 e. The van der Waals surface area contributed by atoms with E-state index in [4.69, 9.17) is 9.47 Å². The summed E-state index contributed by atoms with van der Waals surface area (Å²) in [5.41, 5.74) is 4.93. The molecule has 3 saturated heterocycles. The SMILES string of the molecule is Cn1c2ccncc2c2ccc(-c3ccc(OC4CC(C(=O)N5CC6(CN(CCOc7ccc8c(c7)C(=O)N(C7CCC(=O)NC7=O)C8=O)C6)C5)C4)nc3)cc21. The number of benzene rings is 2. The molecule has 5 aliphatic rings. The van der Waals surface area contributed by atoms with Gasteiger partial charge >= 0.3 is 0 Å². The molecule has 1 aliphatic carbocycles. The monoisotopic (exact) mass is 753 g/mol. The first-order valence-corrected chi connectivity index (χ1v) is 19.1. The summed E-state index contributed by atoms with van der Waals surface area (Å²) in [4.78, 5) is 77.2. The van der Waals surface area contributed by atoms with E-state index in [0.29, 0.717) is 37.6 Å². The molecular formula is C42H39N7O7. The number of pyridine rings is 2. The third-order valence-electron chi connectivity index (χ3n) is 12.2. The number of ether oxygens (including phenoxy) is 2. The van der Waals surface area contributed by atoms with Crippen molar-refractivity contribution in [2.45, 2.75) is 37.8 Å². The molecule has 2 aromatic carbocycles. The summed E-state index contributed by atoms with van der Waals surface area (Å²) in [6, 6.07) is 16.1. The van der Waals surface area contributed by atoms with E-state index in [1.807, 2.05) is 41.7 Å². The molecule has 0 bridgehead atoms. The average Bonchev–Trinajstić information content (AvgIpc) is 3.58. The van der Waals surface area contributed by atoms with E-state index in [0.717, 1.165) is 58.6 Å². The maximum Gasteiger partial charge on any atom is 0.262 e. The van der Waals surface area contributed by atoms with Crippen LogP contribution in [0.4, 0.5) is 0 Å². The van der Waals surface area contributed by atoms with Gasteiger partial charge in [-0.2, -0.15) is 0 Å². The third-order valence-corrected chi connectivity index (χ3v) is 12.2. The highest BCUT2D eigenvalue weighted by molar-refractivity contribution is 6.23. The number of nitrogens with zero attached hydrogens (tertiary/aromatic N) is 6. The Hall–Kier alpha value is -6.15. The van der Waals surface area contributed by atoms with E-state index < -0.39 is 29.7 Å². The molecule has 1 N–H and O–H groups in total. The number of hydrogen-bond donors (Lipinski definition) is 1. The highest BCUT2D eigenvalue weighted by Crippen LogP contribution is 2.42. The molecule has 0 radical (unpaired) electrons. The number of rotatable bonds is 9. The average molecular weight is 754 g/mol. The van der Waals surface area contributed by atoms with Gasteiger partial charge in [0.15, 0.2) is 0 Å². The first kappa shape index (κ1) is 34.3. The van der Waals surface area contributed by atoms with E-state index in [1.165, 1.54) is 5.39 Å². The lowest BCUT2D eigenvalue weighted by molar-refractivity contribution is -0.168. The number of likely N-dealkylation sites (tertiary alicyclic amines) is 2. The topological polar surface area (TPSA) is 156 Å². The lowest BCUT2D eigenvalue weighted by atomic mass is 9.71. The molecule has 4 aliphatic heterocycles. The molecule has 14 heteroatoms. The minimum absolute atomic E-state index is 0.0190. The van der Waals surface area contributed by atoms with Gasteiger partial charge in [-0.25, -0.2) is 4.98 Å². The fourth-order valence-electron chi connectivity index (χ4n) is 9.16. The number of fused-ring (bicyclic) bond motifs is 4. The Balaban J connectivity index is 0.653. The zero-order chi connectivity index (χ0) is 38.3. The summed E-state index contributed by atoms with van der Waals surface area (Å²) in [6.07, 6.45) is 7.11. The van der Waals surface area contributed by atoms with Gasteiger partial charge in [-0.3, -0.25) is 44.1 Å². The zero-order valence-corrected chi connectivity index (χ0v) is 30.8. The van der Waals surface area contributed by atoms with Gasteiger partial charge in [0.25, 0.3) is 11.8 Å². The van der Waals surface area contributed by atoms with Crippen molar-refractivity contribution in [1.29, 1.82) is 0 Å². The molecule has 1 atom stereocenters. The summed E-state index contributed by atoms with van der Waals surface area (Å²) < 4.78 is 14.3. The van der Waals surface area contributed by atoms with Crippen LogP contribution in [0.1, 0.15) is 46.4 Å². The highest BCUT2D eigenvalue weighted by Gasteiger charge is 2.54. The Bertz CT molecular complexity index is 2480. The number of imide groups is 2. The lowest BCUT2D eigenvalue weighted by Crippen LogP contribution is -2.73. The van der Waals surface area contributed by atoms with Crippen LogP contribution in [0.2, 0.25) is 0 Å². The van der Waals surface area contributed by atoms with Crippen LogP contribution in [0.5, 0.6) is 11.6 Å². The van der Waals surface area contributed by atoms with Crippen LogP contribution in [0.15, 0.2) is 73.2 Å². The maximum atomic E-state index is 13.2. The lowest BCUT2D eigenvalue weighted by Gasteiger charge is -2.61. The number of nitrogens with one attached hydrogen (secondary N) is 1. The molecule has 284 valence electrons.